The molecule has 5 heteroatoms. The molecular formula is C17H16O4Se. The van der Waals surface area contributed by atoms with E-state index in [1.807, 2.05) is 18.2 Å². The summed E-state index contributed by atoms with van der Waals surface area (Å²) in [4.78, 5) is 11.6. The van der Waals surface area contributed by atoms with E-state index in [2.05, 4.69) is 12.1 Å². The van der Waals surface area contributed by atoms with Crippen molar-refractivity contribution in [1.82, 2.24) is 0 Å². The Balaban J connectivity index is 1.73. The number of hydrogen-bond donors (Lipinski definition) is 2. The van der Waals surface area contributed by atoms with E-state index in [9.17, 15) is 15.0 Å². The molecule has 22 heavy (non-hydrogen) atoms. The van der Waals surface area contributed by atoms with E-state index in [4.69, 9.17) is 4.74 Å². The van der Waals surface area contributed by atoms with Gasteiger partial charge in [-0.2, -0.15) is 0 Å². The summed E-state index contributed by atoms with van der Waals surface area (Å²) in [5, 5.41) is 19.4. The van der Waals surface area contributed by atoms with Crippen LogP contribution in [-0.2, 0) is 9.53 Å². The molecule has 0 spiro atoms. The second-order valence-electron chi connectivity index (χ2n) is 4.41. The second kappa shape index (κ2) is 8.27. The Kier molecular flexibility index (Phi) is 6.07. The first-order chi connectivity index (χ1) is 10.6. The minimum atomic E-state index is -0.420. The zero-order valence-corrected chi connectivity index (χ0v) is 13.5. The van der Waals surface area contributed by atoms with Crippen LogP contribution in [0.1, 0.15) is 5.56 Å². The summed E-state index contributed by atoms with van der Waals surface area (Å²) in [6.45, 7) is 0.388. The first-order valence-electron chi connectivity index (χ1n) is 6.70. The summed E-state index contributed by atoms with van der Waals surface area (Å²) >= 11 is 0.300. The van der Waals surface area contributed by atoms with Crippen molar-refractivity contribution in [2.45, 2.75) is 5.32 Å². The van der Waals surface area contributed by atoms with Gasteiger partial charge in [0.1, 0.15) is 0 Å². The van der Waals surface area contributed by atoms with Crippen LogP contribution in [0.2, 0.25) is 5.32 Å². The Morgan fingerprint density at radius 3 is 2.59 bits per heavy atom. The van der Waals surface area contributed by atoms with Gasteiger partial charge < -0.3 is 0 Å². The Morgan fingerprint density at radius 1 is 1.09 bits per heavy atom. The van der Waals surface area contributed by atoms with Gasteiger partial charge >= 0.3 is 135 Å². The van der Waals surface area contributed by atoms with Crippen molar-refractivity contribution < 1.29 is 19.7 Å². The molecule has 4 nitrogen and oxygen atoms in total. The molecule has 2 rings (SSSR count). The number of phenols is 2. The maximum atomic E-state index is 11.6. The van der Waals surface area contributed by atoms with E-state index < -0.39 is 5.97 Å². The minimum absolute atomic E-state index is 0.192. The molecule has 0 bridgehead atoms. The summed E-state index contributed by atoms with van der Waals surface area (Å²) in [7, 11) is 0. The predicted octanol–water partition coefficient (Wildman–Crippen LogP) is 2.10. The molecule has 0 radical (unpaired) electrons. The quantitative estimate of drug-likeness (QED) is 0.271. The number of phenolic OH excluding ortho intramolecular Hbond substituents is 2. The van der Waals surface area contributed by atoms with Gasteiger partial charge in [-0.05, 0) is 0 Å². The van der Waals surface area contributed by atoms with E-state index in [0.29, 0.717) is 27.1 Å². The Hall–Kier alpha value is -2.23. The van der Waals surface area contributed by atoms with Gasteiger partial charge in [-0.3, -0.25) is 0 Å². The molecular weight excluding hydrogens is 347 g/mol. The van der Waals surface area contributed by atoms with E-state index >= 15 is 0 Å². The standard InChI is InChI=1S/C17H16O4Se/c18-15-8-6-13(12-16(15)19)7-9-17(20)21-10-11-22-14-4-2-1-3-5-14/h1-9,12,18-19H,10-11H2/b9-7+. The van der Waals surface area contributed by atoms with Crippen molar-refractivity contribution in [3.63, 3.8) is 0 Å². The zero-order chi connectivity index (χ0) is 15.8. The summed E-state index contributed by atoms with van der Waals surface area (Å²) < 4.78 is 6.40. The van der Waals surface area contributed by atoms with Crippen LogP contribution in [0.25, 0.3) is 6.08 Å². The molecule has 0 unspecified atom stereocenters. The first kappa shape index (κ1) is 16.1. The summed E-state index contributed by atoms with van der Waals surface area (Å²) in [6, 6.07) is 14.4. The fourth-order valence-electron chi connectivity index (χ4n) is 1.68. The number of hydrogen-bond acceptors (Lipinski definition) is 4. The van der Waals surface area contributed by atoms with Gasteiger partial charge in [0.25, 0.3) is 0 Å². The van der Waals surface area contributed by atoms with E-state index in [1.165, 1.54) is 28.7 Å². The molecule has 0 aliphatic rings. The van der Waals surface area contributed by atoms with Crippen molar-refractivity contribution in [1.29, 1.82) is 0 Å². The number of ether oxygens (including phenoxy) is 1. The topological polar surface area (TPSA) is 66.8 Å². The molecule has 0 saturated heterocycles. The summed E-state index contributed by atoms with van der Waals surface area (Å²) in [5.41, 5.74) is 0.612. The number of carbonyl (C=O) groups excluding carboxylic acids is 1. The van der Waals surface area contributed by atoms with Gasteiger partial charge in [0.05, 0.1) is 0 Å². The molecule has 0 atom stereocenters. The van der Waals surface area contributed by atoms with Gasteiger partial charge in [0.15, 0.2) is 0 Å². The third kappa shape index (κ3) is 5.28. The second-order valence-corrected chi connectivity index (χ2v) is 6.86. The molecule has 2 N–H and O–H groups in total. The molecule has 2 aromatic rings. The van der Waals surface area contributed by atoms with Crippen molar-refractivity contribution in [2.75, 3.05) is 6.61 Å². The SMILES string of the molecule is O=C(/C=C/c1ccc(O)c(O)c1)OCC[Se]c1ccccc1. The fraction of sp³-hybridized carbons (Fsp3) is 0.118. The molecule has 0 amide bonds. The van der Waals surface area contributed by atoms with Crippen LogP contribution in [0, 0.1) is 0 Å². The average Bonchev–Trinajstić information content (AvgIpc) is 2.54. The van der Waals surface area contributed by atoms with Gasteiger partial charge in [0.2, 0.25) is 0 Å². The molecule has 0 heterocycles. The number of benzene rings is 2. The Labute approximate surface area is 135 Å². The zero-order valence-electron chi connectivity index (χ0n) is 11.8. The molecule has 0 saturated carbocycles. The average molecular weight is 363 g/mol. The predicted molar refractivity (Wildman–Crippen MR) is 86.4 cm³/mol. The van der Waals surface area contributed by atoms with Crippen LogP contribution in [-0.4, -0.2) is 37.7 Å². The van der Waals surface area contributed by atoms with Crippen LogP contribution in [0.15, 0.2) is 54.6 Å². The summed E-state index contributed by atoms with van der Waals surface area (Å²) in [5.74, 6) is -0.833. The number of rotatable bonds is 6. The Bertz CT molecular complexity index is 653. The fourth-order valence-corrected chi connectivity index (χ4v) is 3.25. The van der Waals surface area contributed by atoms with Gasteiger partial charge in [-0.1, -0.05) is 0 Å². The third-order valence-corrected chi connectivity index (χ3v) is 4.80. The van der Waals surface area contributed by atoms with E-state index in [1.54, 1.807) is 6.07 Å². The normalized spacial score (nSPS) is 10.7. The van der Waals surface area contributed by atoms with Crippen LogP contribution < -0.4 is 4.46 Å². The van der Waals surface area contributed by atoms with Crippen LogP contribution in [0.4, 0.5) is 0 Å². The van der Waals surface area contributed by atoms with Crippen LogP contribution in [0.5, 0.6) is 11.5 Å². The molecule has 114 valence electrons. The van der Waals surface area contributed by atoms with Gasteiger partial charge in [0, 0.05) is 0 Å². The summed E-state index contributed by atoms with van der Waals surface area (Å²) in [6.07, 6.45) is 2.84. The van der Waals surface area contributed by atoms with E-state index in [0.717, 1.165) is 5.32 Å². The monoisotopic (exact) mass is 364 g/mol. The molecule has 0 aromatic heterocycles. The van der Waals surface area contributed by atoms with Crippen molar-refractivity contribution >= 4 is 31.5 Å². The van der Waals surface area contributed by atoms with Crippen LogP contribution >= 0.6 is 0 Å². The van der Waals surface area contributed by atoms with Crippen molar-refractivity contribution in [2.24, 2.45) is 0 Å². The molecule has 0 fully saturated rings. The van der Waals surface area contributed by atoms with Crippen molar-refractivity contribution in [3.05, 3.63) is 60.2 Å². The van der Waals surface area contributed by atoms with Gasteiger partial charge in [-0.25, -0.2) is 0 Å². The Morgan fingerprint density at radius 2 is 1.86 bits per heavy atom. The third-order valence-electron chi connectivity index (χ3n) is 2.75. The van der Waals surface area contributed by atoms with E-state index in [-0.39, 0.29) is 11.5 Å². The van der Waals surface area contributed by atoms with Gasteiger partial charge in [-0.15, -0.1) is 0 Å². The first-order valence-corrected chi connectivity index (χ1v) is 8.76. The molecule has 2 aromatic carbocycles. The number of carbonyl (C=O) groups is 1. The van der Waals surface area contributed by atoms with Crippen LogP contribution in [0.3, 0.4) is 0 Å². The molecule has 0 aliphatic heterocycles. The maximum absolute atomic E-state index is 11.6. The number of esters is 1. The molecule has 0 aliphatic carbocycles. The van der Waals surface area contributed by atoms with Crippen molar-refractivity contribution in [3.8, 4) is 11.5 Å². The number of aromatic hydroxyl groups is 2.